The van der Waals surface area contributed by atoms with Gasteiger partial charge >= 0.3 is 5.97 Å². The molecule has 0 fully saturated rings. The number of hydrogen-bond acceptors (Lipinski definition) is 2. The van der Waals surface area contributed by atoms with Gasteiger partial charge in [0.2, 0.25) is 0 Å². The number of rotatable bonds is 3. The van der Waals surface area contributed by atoms with Crippen molar-refractivity contribution in [1.82, 2.24) is 0 Å². The molecule has 1 aromatic carbocycles. The van der Waals surface area contributed by atoms with E-state index in [4.69, 9.17) is 5.11 Å². The monoisotopic (exact) mass is 178 g/mol. The van der Waals surface area contributed by atoms with E-state index in [2.05, 4.69) is 0 Å². The maximum atomic E-state index is 10.7. The minimum absolute atomic E-state index is 0.196. The van der Waals surface area contributed by atoms with Crippen LogP contribution < -0.4 is 0 Å². The van der Waals surface area contributed by atoms with Gasteiger partial charge in [0.25, 0.3) is 0 Å². The Labute approximate surface area is 76.0 Å². The Balaban J connectivity index is 3.19. The van der Waals surface area contributed by atoms with Crippen LogP contribution in [0.25, 0.3) is 0 Å². The van der Waals surface area contributed by atoms with Crippen LogP contribution >= 0.6 is 0 Å². The van der Waals surface area contributed by atoms with Crippen LogP contribution in [0, 0.1) is 0 Å². The Hall–Kier alpha value is -1.64. The van der Waals surface area contributed by atoms with Gasteiger partial charge in [0, 0.05) is 5.92 Å². The molecule has 1 aromatic rings. The molecule has 0 saturated carbocycles. The quantitative estimate of drug-likeness (QED) is 0.716. The average Bonchev–Trinajstić information content (AvgIpc) is 2.16. The van der Waals surface area contributed by atoms with Crippen molar-refractivity contribution < 1.29 is 14.7 Å². The molecule has 68 valence electrons. The Morgan fingerprint density at radius 1 is 1.46 bits per heavy atom. The van der Waals surface area contributed by atoms with Gasteiger partial charge in [0.1, 0.15) is 6.29 Å². The molecule has 0 amide bonds. The zero-order valence-corrected chi connectivity index (χ0v) is 7.23. The second-order valence-corrected chi connectivity index (χ2v) is 2.82. The highest BCUT2D eigenvalue weighted by Crippen LogP contribution is 2.17. The number of carbonyl (C=O) groups excluding carboxylic acids is 1. The lowest BCUT2D eigenvalue weighted by Crippen LogP contribution is -2.05. The molecule has 0 radical (unpaired) electrons. The zero-order valence-electron chi connectivity index (χ0n) is 7.23. The van der Waals surface area contributed by atoms with Crippen LogP contribution in [0.5, 0.6) is 0 Å². The lowest BCUT2D eigenvalue weighted by atomic mass is 9.97. The first-order valence-corrected chi connectivity index (χ1v) is 3.94. The van der Waals surface area contributed by atoms with E-state index in [-0.39, 0.29) is 11.5 Å². The summed E-state index contributed by atoms with van der Waals surface area (Å²) in [5.41, 5.74) is 0.757. The molecule has 1 rings (SSSR count). The smallest absolute Gasteiger partial charge is 0.335 e. The van der Waals surface area contributed by atoms with Gasteiger partial charge in [-0.25, -0.2) is 4.79 Å². The summed E-state index contributed by atoms with van der Waals surface area (Å²) in [7, 11) is 0. The standard InChI is InChI=1S/C10H10O3/c1-7(6-11)8-4-2-3-5-9(8)10(12)13/h2-7H,1H3,(H,12,13). The Morgan fingerprint density at radius 3 is 2.62 bits per heavy atom. The maximum Gasteiger partial charge on any atom is 0.335 e. The Morgan fingerprint density at radius 2 is 2.08 bits per heavy atom. The second-order valence-electron chi connectivity index (χ2n) is 2.82. The number of carboxylic acid groups (broad SMARTS) is 1. The zero-order chi connectivity index (χ0) is 9.84. The van der Waals surface area contributed by atoms with E-state index in [9.17, 15) is 9.59 Å². The van der Waals surface area contributed by atoms with Crippen LogP contribution in [0.3, 0.4) is 0 Å². The van der Waals surface area contributed by atoms with Crippen molar-refractivity contribution in [1.29, 1.82) is 0 Å². The molecule has 0 aliphatic heterocycles. The van der Waals surface area contributed by atoms with Crippen molar-refractivity contribution in [3.8, 4) is 0 Å². The summed E-state index contributed by atoms with van der Waals surface area (Å²) in [5, 5.41) is 8.79. The Kier molecular flexibility index (Phi) is 2.80. The summed E-state index contributed by atoms with van der Waals surface area (Å²) in [5.74, 6) is -1.36. The number of aromatic carboxylic acids is 1. The molecule has 1 atom stereocenters. The summed E-state index contributed by atoms with van der Waals surface area (Å²) >= 11 is 0. The maximum absolute atomic E-state index is 10.7. The van der Waals surface area contributed by atoms with E-state index in [1.165, 1.54) is 6.07 Å². The van der Waals surface area contributed by atoms with E-state index in [1.54, 1.807) is 25.1 Å². The highest BCUT2D eigenvalue weighted by molar-refractivity contribution is 5.90. The molecule has 0 bridgehead atoms. The number of hydrogen-bond donors (Lipinski definition) is 1. The van der Waals surface area contributed by atoms with Crippen LogP contribution in [-0.4, -0.2) is 17.4 Å². The normalized spacial score (nSPS) is 12.1. The minimum atomic E-state index is -0.996. The van der Waals surface area contributed by atoms with E-state index in [1.807, 2.05) is 0 Å². The lowest BCUT2D eigenvalue weighted by Gasteiger charge is -2.07. The summed E-state index contributed by atoms with van der Waals surface area (Å²) in [6.07, 6.45) is 0.738. The first kappa shape index (κ1) is 9.45. The van der Waals surface area contributed by atoms with Crippen LogP contribution in [0.15, 0.2) is 24.3 Å². The highest BCUT2D eigenvalue weighted by atomic mass is 16.4. The molecule has 0 aliphatic carbocycles. The van der Waals surface area contributed by atoms with Gasteiger partial charge in [-0.1, -0.05) is 25.1 Å². The van der Waals surface area contributed by atoms with Crippen molar-refractivity contribution in [2.24, 2.45) is 0 Å². The SMILES string of the molecule is CC(C=O)c1ccccc1C(=O)O. The molecule has 0 heterocycles. The molecule has 1 unspecified atom stereocenters. The fourth-order valence-electron chi connectivity index (χ4n) is 1.16. The highest BCUT2D eigenvalue weighted by Gasteiger charge is 2.13. The summed E-state index contributed by atoms with van der Waals surface area (Å²) in [6, 6.07) is 6.52. The van der Waals surface area contributed by atoms with Crippen LogP contribution in [-0.2, 0) is 4.79 Å². The van der Waals surface area contributed by atoms with Crippen molar-refractivity contribution in [2.75, 3.05) is 0 Å². The molecule has 3 heteroatoms. The van der Waals surface area contributed by atoms with Gasteiger partial charge in [-0.15, -0.1) is 0 Å². The molecule has 0 aromatic heterocycles. The number of benzene rings is 1. The van der Waals surface area contributed by atoms with Gasteiger partial charge < -0.3 is 9.90 Å². The summed E-state index contributed by atoms with van der Waals surface area (Å²) in [6.45, 7) is 1.68. The van der Waals surface area contributed by atoms with Gasteiger partial charge in [-0.2, -0.15) is 0 Å². The van der Waals surface area contributed by atoms with Gasteiger partial charge in [-0.3, -0.25) is 0 Å². The van der Waals surface area contributed by atoms with Crippen molar-refractivity contribution in [3.63, 3.8) is 0 Å². The number of carbonyl (C=O) groups is 2. The van der Waals surface area contributed by atoms with Crippen LogP contribution in [0.1, 0.15) is 28.8 Å². The molecule has 0 aliphatic rings. The molecule has 0 saturated heterocycles. The van der Waals surface area contributed by atoms with Crippen molar-refractivity contribution >= 4 is 12.3 Å². The predicted octanol–water partition coefficient (Wildman–Crippen LogP) is 1.69. The van der Waals surface area contributed by atoms with E-state index < -0.39 is 5.97 Å². The topological polar surface area (TPSA) is 54.4 Å². The minimum Gasteiger partial charge on any atom is -0.478 e. The van der Waals surface area contributed by atoms with E-state index in [0.29, 0.717) is 5.56 Å². The van der Waals surface area contributed by atoms with Crippen molar-refractivity contribution in [2.45, 2.75) is 12.8 Å². The molecule has 0 spiro atoms. The predicted molar refractivity (Wildman–Crippen MR) is 47.9 cm³/mol. The molecular weight excluding hydrogens is 168 g/mol. The second kappa shape index (κ2) is 3.85. The van der Waals surface area contributed by atoms with Gasteiger partial charge in [0.05, 0.1) is 5.56 Å². The van der Waals surface area contributed by atoms with Gasteiger partial charge in [0.15, 0.2) is 0 Å². The number of carboxylic acids is 1. The largest absolute Gasteiger partial charge is 0.478 e. The fraction of sp³-hybridized carbons (Fsp3) is 0.200. The van der Waals surface area contributed by atoms with Crippen molar-refractivity contribution in [3.05, 3.63) is 35.4 Å². The fourth-order valence-corrected chi connectivity index (χ4v) is 1.16. The van der Waals surface area contributed by atoms with E-state index >= 15 is 0 Å². The average molecular weight is 178 g/mol. The summed E-state index contributed by atoms with van der Waals surface area (Å²) < 4.78 is 0. The van der Waals surface area contributed by atoms with Crippen LogP contribution in [0.4, 0.5) is 0 Å². The third kappa shape index (κ3) is 1.93. The number of aldehydes is 1. The first-order chi connectivity index (χ1) is 6.16. The summed E-state index contributed by atoms with van der Waals surface area (Å²) in [4.78, 5) is 21.2. The van der Waals surface area contributed by atoms with E-state index in [0.717, 1.165) is 6.29 Å². The third-order valence-corrected chi connectivity index (χ3v) is 1.89. The first-order valence-electron chi connectivity index (χ1n) is 3.94. The molecule has 3 nitrogen and oxygen atoms in total. The molecular formula is C10H10O3. The third-order valence-electron chi connectivity index (χ3n) is 1.89. The Bertz CT molecular complexity index is 331. The lowest BCUT2D eigenvalue weighted by molar-refractivity contribution is -0.108. The molecule has 13 heavy (non-hydrogen) atoms. The van der Waals surface area contributed by atoms with Crippen LogP contribution in [0.2, 0.25) is 0 Å². The van der Waals surface area contributed by atoms with Gasteiger partial charge in [-0.05, 0) is 11.6 Å². The molecule has 1 N–H and O–H groups in total.